The quantitative estimate of drug-likeness (QED) is 0.375. The van der Waals surface area contributed by atoms with Gasteiger partial charge in [0.15, 0.2) is 0 Å². The van der Waals surface area contributed by atoms with Crippen LogP contribution in [0.1, 0.15) is 32.9 Å². The standard InChI is InChI=1S/C27H27N3/c1-4-27(2,3)26-16-9-15-25(30-26)21-11-8-13-23(19-21)29-22-12-7-10-20(18-22)24-14-5-6-17-28-24/h5-19,29H,4H2,1-3H3. The molecule has 0 fully saturated rings. The van der Waals surface area contributed by atoms with Gasteiger partial charge >= 0.3 is 0 Å². The Bertz CT molecular complexity index is 1130. The molecule has 0 aliphatic heterocycles. The Morgan fingerprint density at radius 2 is 1.37 bits per heavy atom. The highest BCUT2D eigenvalue weighted by Crippen LogP contribution is 2.29. The van der Waals surface area contributed by atoms with Crippen LogP contribution in [-0.2, 0) is 5.41 Å². The summed E-state index contributed by atoms with van der Waals surface area (Å²) in [6.07, 6.45) is 2.87. The van der Waals surface area contributed by atoms with Gasteiger partial charge in [-0.1, -0.05) is 57.2 Å². The molecule has 0 unspecified atom stereocenters. The van der Waals surface area contributed by atoms with Crippen molar-refractivity contribution in [3.8, 4) is 22.5 Å². The molecule has 3 heteroatoms. The second-order valence-corrected chi connectivity index (χ2v) is 8.15. The summed E-state index contributed by atoms with van der Waals surface area (Å²) in [5.41, 5.74) is 7.43. The maximum Gasteiger partial charge on any atom is 0.0706 e. The number of nitrogens with zero attached hydrogens (tertiary/aromatic N) is 2. The van der Waals surface area contributed by atoms with Crippen LogP contribution in [0.25, 0.3) is 22.5 Å². The van der Waals surface area contributed by atoms with Gasteiger partial charge in [0.2, 0.25) is 0 Å². The van der Waals surface area contributed by atoms with E-state index in [1.165, 1.54) is 0 Å². The Morgan fingerprint density at radius 3 is 2.00 bits per heavy atom. The maximum atomic E-state index is 4.95. The van der Waals surface area contributed by atoms with E-state index in [4.69, 9.17) is 4.98 Å². The Hall–Kier alpha value is -3.46. The molecule has 0 bridgehead atoms. The van der Waals surface area contributed by atoms with Crippen LogP contribution in [0.4, 0.5) is 11.4 Å². The van der Waals surface area contributed by atoms with E-state index in [1.54, 1.807) is 0 Å². The second kappa shape index (κ2) is 8.50. The number of aromatic nitrogens is 2. The molecule has 0 atom stereocenters. The fourth-order valence-corrected chi connectivity index (χ4v) is 3.37. The number of hydrogen-bond acceptors (Lipinski definition) is 3. The number of benzene rings is 2. The molecule has 4 rings (SSSR count). The lowest BCUT2D eigenvalue weighted by atomic mass is 9.86. The fraction of sp³-hybridized carbons (Fsp3) is 0.185. The topological polar surface area (TPSA) is 37.8 Å². The average molecular weight is 394 g/mol. The summed E-state index contributed by atoms with van der Waals surface area (Å²) in [5.74, 6) is 0. The van der Waals surface area contributed by atoms with Crippen molar-refractivity contribution in [2.45, 2.75) is 32.6 Å². The second-order valence-electron chi connectivity index (χ2n) is 8.15. The molecule has 0 saturated heterocycles. The molecule has 0 amide bonds. The minimum atomic E-state index is 0.0672. The summed E-state index contributed by atoms with van der Waals surface area (Å²) >= 11 is 0. The summed E-state index contributed by atoms with van der Waals surface area (Å²) in [7, 11) is 0. The number of hydrogen-bond donors (Lipinski definition) is 1. The third-order valence-electron chi connectivity index (χ3n) is 5.60. The lowest BCUT2D eigenvalue weighted by molar-refractivity contribution is 0.491. The van der Waals surface area contributed by atoms with Gasteiger partial charge in [-0.15, -0.1) is 0 Å². The summed E-state index contributed by atoms with van der Waals surface area (Å²) in [6.45, 7) is 6.69. The molecule has 2 aromatic heterocycles. The molecule has 0 aliphatic rings. The number of anilines is 2. The van der Waals surface area contributed by atoms with Crippen molar-refractivity contribution < 1.29 is 0 Å². The Balaban J connectivity index is 1.60. The summed E-state index contributed by atoms with van der Waals surface area (Å²) in [6, 6.07) is 29.0. The Morgan fingerprint density at radius 1 is 0.733 bits per heavy atom. The molecule has 150 valence electrons. The van der Waals surface area contributed by atoms with Crippen molar-refractivity contribution in [2.75, 3.05) is 5.32 Å². The monoisotopic (exact) mass is 393 g/mol. The maximum absolute atomic E-state index is 4.95. The lowest BCUT2D eigenvalue weighted by Gasteiger charge is -2.22. The van der Waals surface area contributed by atoms with Crippen LogP contribution >= 0.6 is 0 Å². The van der Waals surface area contributed by atoms with Crippen LogP contribution in [0.5, 0.6) is 0 Å². The van der Waals surface area contributed by atoms with Crippen LogP contribution in [0.3, 0.4) is 0 Å². The van der Waals surface area contributed by atoms with Crippen LogP contribution in [0.2, 0.25) is 0 Å². The highest BCUT2D eigenvalue weighted by molar-refractivity contribution is 5.72. The fourth-order valence-electron chi connectivity index (χ4n) is 3.37. The first kappa shape index (κ1) is 19.8. The van der Waals surface area contributed by atoms with Gasteiger partial charge in [-0.3, -0.25) is 9.97 Å². The van der Waals surface area contributed by atoms with Crippen molar-refractivity contribution in [1.29, 1.82) is 0 Å². The molecule has 1 N–H and O–H groups in total. The zero-order valence-corrected chi connectivity index (χ0v) is 17.8. The Kier molecular flexibility index (Phi) is 5.62. The molecule has 2 aromatic carbocycles. The average Bonchev–Trinajstić information content (AvgIpc) is 2.80. The smallest absolute Gasteiger partial charge is 0.0706 e. The zero-order chi connectivity index (χ0) is 21.0. The molecule has 30 heavy (non-hydrogen) atoms. The molecule has 0 saturated carbocycles. The summed E-state index contributed by atoms with van der Waals surface area (Å²) in [5, 5.41) is 3.52. The van der Waals surface area contributed by atoms with Crippen LogP contribution in [0, 0.1) is 0 Å². The van der Waals surface area contributed by atoms with Crippen molar-refractivity contribution >= 4 is 11.4 Å². The van der Waals surface area contributed by atoms with Crippen molar-refractivity contribution in [1.82, 2.24) is 9.97 Å². The molecule has 0 radical (unpaired) electrons. The first-order valence-electron chi connectivity index (χ1n) is 10.4. The Labute approximate surface area is 178 Å². The minimum absolute atomic E-state index is 0.0672. The largest absolute Gasteiger partial charge is 0.355 e. The number of pyridine rings is 2. The van der Waals surface area contributed by atoms with Gasteiger partial charge in [-0.05, 0) is 55.0 Å². The van der Waals surface area contributed by atoms with E-state index in [0.29, 0.717) is 0 Å². The van der Waals surface area contributed by atoms with E-state index in [-0.39, 0.29) is 5.41 Å². The zero-order valence-electron chi connectivity index (χ0n) is 17.8. The van der Waals surface area contributed by atoms with Gasteiger partial charge in [0, 0.05) is 39.8 Å². The van der Waals surface area contributed by atoms with E-state index in [0.717, 1.165) is 46.0 Å². The number of rotatable bonds is 6. The normalized spacial score (nSPS) is 11.3. The van der Waals surface area contributed by atoms with Crippen molar-refractivity contribution in [3.05, 3.63) is 96.8 Å². The van der Waals surface area contributed by atoms with Gasteiger partial charge in [0.1, 0.15) is 0 Å². The van der Waals surface area contributed by atoms with Crippen molar-refractivity contribution in [2.24, 2.45) is 0 Å². The third-order valence-corrected chi connectivity index (χ3v) is 5.60. The van der Waals surface area contributed by atoms with Crippen molar-refractivity contribution in [3.63, 3.8) is 0 Å². The molecule has 2 heterocycles. The number of nitrogens with one attached hydrogen (secondary N) is 1. The molecule has 0 spiro atoms. The van der Waals surface area contributed by atoms with Crippen LogP contribution in [0.15, 0.2) is 91.1 Å². The van der Waals surface area contributed by atoms with E-state index < -0.39 is 0 Å². The first-order chi connectivity index (χ1) is 14.5. The van der Waals surface area contributed by atoms with Gasteiger partial charge in [-0.25, -0.2) is 0 Å². The predicted molar refractivity (Wildman–Crippen MR) is 126 cm³/mol. The highest BCUT2D eigenvalue weighted by atomic mass is 14.9. The summed E-state index contributed by atoms with van der Waals surface area (Å²) in [4.78, 5) is 9.40. The molecule has 3 nitrogen and oxygen atoms in total. The summed E-state index contributed by atoms with van der Waals surface area (Å²) < 4.78 is 0. The van der Waals surface area contributed by atoms with Crippen LogP contribution < -0.4 is 5.32 Å². The SMILES string of the molecule is CCC(C)(C)c1cccc(-c2cccc(Nc3cccc(-c4ccccn4)c3)c2)n1. The van der Waals surface area contributed by atoms with Gasteiger partial charge in [0.25, 0.3) is 0 Å². The van der Waals surface area contributed by atoms with Gasteiger partial charge < -0.3 is 5.32 Å². The van der Waals surface area contributed by atoms with Crippen LogP contribution in [-0.4, -0.2) is 9.97 Å². The van der Waals surface area contributed by atoms with Gasteiger partial charge in [-0.2, -0.15) is 0 Å². The molecular formula is C27H27N3. The minimum Gasteiger partial charge on any atom is -0.355 e. The van der Waals surface area contributed by atoms with Gasteiger partial charge in [0.05, 0.1) is 11.4 Å². The molecular weight excluding hydrogens is 366 g/mol. The molecule has 4 aromatic rings. The van der Waals surface area contributed by atoms with E-state index >= 15 is 0 Å². The van der Waals surface area contributed by atoms with E-state index in [9.17, 15) is 0 Å². The predicted octanol–water partition coefficient (Wildman–Crippen LogP) is 7.24. The molecule has 0 aliphatic carbocycles. The lowest BCUT2D eigenvalue weighted by Crippen LogP contribution is -2.17. The highest BCUT2D eigenvalue weighted by Gasteiger charge is 2.20. The van der Waals surface area contributed by atoms with E-state index in [1.807, 2.05) is 30.5 Å². The first-order valence-corrected chi connectivity index (χ1v) is 10.4. The third kappa shape index (κ3) is 4.41. The van der Waals surface area contributed by atoms with E-state index in [2.05, 4.69) is 91.7 Å².